The van der Waals surface area contributed by atoms with Gasteiger partial charge in [0.15, 0.2) is 5.82 Å². The second kappa shape index (κ2) is 12.7. The molecule has 6 aromatic rings. The van der Waals surface area contributed by atoms with Gasteiger partial charge in [-0.2, -0.15) is 0 Å². The van der Waals surface area contributed by atoms with Gasteiger partial charge in [0, 0.05) is 33.5 Å². The highest BCUT2D eigenvalue weighted by atomic mass is 32.1. The molecule has 0 amide bonds. The number of hydrogen-bond donors (Lipinski definition) is 0. The fourth-order valence-electron chi connectivity index (χ4n) is 7.81. The number of hydrogen-bond acceptors (Lipinski definition) is 5. The largest absolute Gasteiger partial charge is 0.485 e. The molecule has 0 spiro atoms. The highest BCUT2D eigenvalue weighted by molar-refractivity contribution is 7.22. The Kier molecular flexibility index (Phi) is 7.53. The van der Waals surface area contributed by atoms with Gasteiger partial charge in [-0.1, -0.05) is 103 Å². The third kappa shape index (κ3) is 5.82. The van der Waals surface area contributed by atoms with Gasteiger partial charge in [0.1, 0.15) is 23.7 Å². The Bertz CT molecular complexity index is 2370. The second-order valence-electron chi connectivity index (χ2n) is 13.9. The summed E-state index contributed by atoms with van der Waals surface area (Å²) in [6, 6.07) is 38.9. The number of benzene rings is 4. The lowest BCUT2D eigenvalue weighted by atomic mass is 9.91. The molecule has 0 radical (unpaired) electrons. The summed E-state index contributed by atoms with van der Waals surface area (Å²) < 4.78 is 14.0. The first kappa shape index (κ1) is 30.3. The molecule has 2 aromatic heterocycles. The van der Waals surface area contributed by atoms with Crippen molar-refractivity contribution in [1.29, 1.82) is 0 Å². The molecule has 0 saturated heterocycles. The summed E-state index contributed by atoms with van der Waals surface area (Å²) >= 11 is 1.83. The second-order valence-corrected chi connectivity index (χ2v) is 15.0. The number of aromatic nitrogens is 2. The lowest BCUT2D eigenvalue weighted by Crippen LogP contribution is -2.17. The van der Waals surface area contributed by atoms with E-state index in [1.165, 1.54) is 48.4 Å². The normalized spacial score (nSPS) is 19.3. The molecule has 5 heteroatoms. The van der Waals surface area contributed by atoms with Gasteiger partial charge in [0.2, 0.25) is 0 Å². The van der Waals surface area contributed by atoms with E-state index in [4.69, 9.17) is 19.4 Å². The van der Waals surface area contributed by atoms with Crippen LogP contribution in [0.15, 0.2) is 150 Å². The number of allylic oxidation sites excluding steroid dienone is 5. The van der Waals surface area contributed by atoms with Crippen LogP contribution in [-0.2, 0) is 11.2 Å². The summed E-state index contributed by atoms with van der Waals surface area (Å²) in [5.41, 5.74) is 11.7. The smallest absolute Gasteiger partial charge is 0.160 e. The molecule has 4 aromatic carbocycles. The first-order chi connectivity index (χ1) is 25.2. The van der Waals surface area contributed by atoms with Crippen molar-refractivity contribution in [1.82, 2.24) is 9.97 Å². The molecular weight excluding hydrogens is 645 g/mol. The minimum absolute atomic E-state index is 0.0767. The van der Waals surface area contributed by atoms with E-state index in [0.29, 0.717) is 0 Å². The highest BCUT2D eigenvalue weighted by Gasteiger charge is 2.28. The van der Waals surface area contributed by atoms with Crippen LogP contribution in [0.5, 0.6) is 5.75 Å². The summed E-state index contributed by atoms with van der Waals surface area (Å²) in [5, 5.41) is 1.28. The maximum absolute atomic E-state index is 6.34. The molecule has 51 heavy (non-hydrogen) atoms. The Labute approximate surface area is 302 Å². The number of para-hydroxylation sites is 1. The van der Waals surface area contributed by atoms with Crippen molar-refractivity contribution in [3.63, 3.8) is 0 Å². The Hall–Kier alpha value is -5.52. The van der Waals surface area contributed by atoms with Crippen LogP contribution >= 0.6 is 11.3 Å². The molecule has 2 atom stereocenters. The third-order valence-corrected chi connectivity index (χ3v) is 11.8. The fourth-order valence-corrected chi connectivity index (χ4v) is 8.88. The van der Waals surface area contributed by atoms with Crippen molar-refractivity contribution < 1.29 is 9.47 Å². The van der Waals surface area contributed by atoms with Crippen molar-refractivity contribution >= 4 is 27.0 Å². The molecular formula is C46H36N2O2S. The molecule has 10 rings (SSSR count). The van der Waals surface area contributed by atoms with Gasteiger partial charge < -0.3 is 9.47 Å². The van der Waals surface area contributed by atoms with Crippen LogP contribution in [0.3, 0.4) is 0 Å². The summed E-state index contributed by atoms with van der Waals surface area (Å²) in [6.45, 7) is 0. The van der Waals surface area contributed by atoms with Crippen molar-refractivity contribution in [2.24, 2.45) is 0 Å². The van der Waals surface area contributed by atoms with Crippen molar-refractivity contribution in [3.8, 4) is 38.8 Å². The number of rotatable bonds is 6. The van der Waals surface area contributed by atoms with Crippen molar-refractivity contribution in [3.05, 3.63) is 167 Å². The molecule has 248 valence electrons. The first-order valence-corrected chi connectivity index (χ1v) is 18.8. The van der Waals surface area contributed by atoms with Gasteiger partial charge in [-0.05, 0) is 94.8 Å². The minimum Gasteiger partial charge on any atom is -0.485 e. The highest BCUT2D eigenvalue weighted by Crippen LogP contribution is 2.41. The van der Waals surface area contributed by atoms with E-state index < -0.39 is 0 Å². The summed E-state index contributed by atoms with van der Waals surface area (Å²) in [5.74, 6) is 2.82. The lowest BCUT2D eigenvalue weighted by Gasteiger charge is -2.20. The molecule has 2 unspecified atom stereocenters. The molecule has 0 N–H and O–H groups in total. The van der Waals surface area contributed by atoms with E-state index in [1.54, 1.807) is 0 Å². The topological polar surface area (TPSA) is 44.2 Å². The van der Waals surface area contributed by atoms with Crippen LogP contribution in [0.25, 0.3) is 48.7 Å². The average molecular weight is 681 g/mol. The zero-order valence-corrected chi connectivity index (χ0v) is 29.0. The van der Waals surface area contributed by atoms with Crippen LogP contribution in [0.1, 0.15) is 55.0 Å². The zero-order chi connectivity index (χ0) is 33.7. The molecule has 2 aliphatic heterocycles. The Balaban J connectivity index is 0.973. The Morgan fingerprint density at radius 2 is 1.45 bits per heavy atom. The summed E-state index contributed by atoms with van der Waals surface area (Å²) in [4.78, 5) is 11.6. The van der Waals surface area contributed by atoms with Crippen LogP contribution in [0.2, 0.25) is 0 Å². The predicted molar refractivity (Wildman–Crippen MR) is 207 cm³/mol. The van der Waals surface area contributed by atoms with Crippen LogP contribution in [-0.4, -0.2) is 16.1 Å². The monoisotopic (exact) mass is 680 g/mol. The van der Waals surface area contributed by atoms with E-state index in [1.807, 2.05) is 17.4 Å². The maximum atomic E-state index is 6.34. The fraction of sp³-hybridized carbons (Fsp3) is 0.174. The van der Waals surface area contributed by atoms with Crippen LogP contribution < -0.4 is 4.74 Å². The van der Waals surface area contributed by atoms with Crippen molar-refractivity contribution in [2.75, 3.05) is 0 Å². The molecule has 0 fully saturated rings. The van der Waals surface area contributed by atoms with Gasteiger partial charge in [0.05, 0.1) is 11.4 Å². The Morgan fingerprint density at radius 3 is 2.27 bits per heavy atom. The standard InChI is InChI=1S/C46H36N2O2S/c1-4-10-40-35(7-1)25-42(49-40)31-17-13-29(14-18-31)38-28-39(30-15-19-32(20-16-30)43-26-36-8-2-5-11-41(36)50-43)48-46(47-38)34-23-21-33(22-24-34)45-27-37-9-3-6-12-44(37)51-45/h1,3-7,9-13,15-17,19-24,27-28,42-43H,2,8,14,18,25-26H2. The average Bonchev–Trinajstić information content (AvgIpc) is 3.95. The molecule has 4 heterocycles. The van der Waals surface area contributed by atoms with E-state index in [9.17, 15) is 0 Å². The summed E-state index contributed by atoms with van der Waals surface area (Å²) in [6.07, 6.45) is 15.0. The van der Waals surface area contributed by atoms with Crippen LogP contribution in [0.4, 0.5) is 0 Å². The molecule has 0 saturated carbocycles. The predicted octanol–water partition coefficient (Wildman–Crippen LogP) is 11.9. The van der Waals surface area contributed by atoms with E-state index in [0.717, 1.165) is 78.4 Å². The van der Waals surface area contributed by atoms with Gasteiger partial charge in [-0.3, -0.25) is 0 Å². The van der Waals surface area contributed by atoms with Crippen molar-refractivity contribution in [2.45, 2.75) is 50.7 Å². The number of ether oxygens (including phenoxy) is 2. The van der Waals surface area contributed by atoms with Crippen LogP contribution in [0, 0.1) is 0 Å². The van der Waals surface area contributed by atoms with E-state index >= 15 is 0 Å². The van der Waals surface area contributed by atoms with Gasteiger partial charge in [0.25, 0.3) is 0 Å². The number of fused-ring (bicyclic) bond motifs is 2. The lowest BCUT2D eigenvalue weighted by molar-refractivity contribution is 0.154. The number of thiophene rings is 1. The SMILES string of the molecule is C1=CC2=C(CC1)CC(c1ccc(-c3cc(C4=CC=C(C5Cc6ccccc6O5)CC4)nc(-c4ccc(-c5cc6ccccc6s5)cc4)n3)cc1)O2. The molecule has 4 aliphatic rings. The maximum Gasteiger partial charge on any atom is 0.160 e. The van der Waals surface area contributed by atoms with Gasteiger partial charge in [-0.25, -0.2) is 9.97 Å². The van der Waals surface area contributed by atoms with Gasteiger partial charge >= 0.3 is 0 Å². The molecule has 2 aliphatic carbocycles. The quantitative estimate of drug-likeness (QED) is 0.176. The van der Waals surface area contributed by atoms with E-state index in [2.05, 4.69) is 127 Å². The number of nitrogens with zero attached hydrogens (tertiary/aromatic N) is 2. The summed E-state index contributed by atoms with van der Waals surface area (Å²) in [7, 11) is 0. The van der Waals surface area contributed by atoms with Gasteiger partial charge in [-0.15, -0.1) is 11.3 Å². The first-order valence-electron chi connectivity index (χ1n) is 18.0. The molecule has 0 bridgehead atoms. The Morgan fingerprint density at radius 1 is 0.647 bits per heavy atom. The van der Waals surface area contributed by atoms with E-state index in [-0.39, 0.29) is 12.2 Å². The third-order valence-electron chi connectivity index (χ3n) is 10.7. The molecule has 4 nitrogen and oxygen atoms in total. The zero-order valence-electron chi connectivity index (χ0n) is 28.2. The minimum atomic E-state index is 0.0767.